The monoisotopic (exact) mass is 503 g/mol. The molecular weight excluding hydrogens is 458 g/mol. The molecular formula is C32H45N3O2. The highest BCUT2D eigenvalue weighted by Crippen LogP contribution is 2.39. The number of rotatable bonds is 11. The van der Waals surface area contributed by atoms with Gasteiger partial charge in [-0.15, -0.1) is 0 Å². The SMILES string of the molecule is COC(=O)C1(C)N=CN(CCc2ccccc2)C1CC1CCC(C(CCc2ccccc2)N(C)C)CC1. The van der Waals surface area contributed by atoms with Gasteiger partial charge in [-0.25, -0.2) is 4.79 Å². The molecule has 0 radical (unpaired) electrons. The Balaban J connectivity index is 1.36. The molecule has 1 saturated carbocycles. The summed E-state index contributed by atoms with van der Waals surface area (Å²) in [6.07, 6.45) is 11.1. The average Bonchev–Trinajstić information content (AvgIpc) is 3.25. The van der Waals surface area contributed by atoms with Crippen LogP contribution in [0.25, 0.3) is 0 Å². The van der Waals surface area contributed by atoms with E-state index in [0.29, 0.717) is 12.0 Å². The van der Waals surface area contributed by atoms with Gasteiger partial charge in [0.05, 0.1) is 19.5 Å². The Morgan fingerprint density at radius 2 is 1.59 bits per heavy atom. The van der Waals surface area contributed by atoms with Crippen LogP contribution in [-0.2, 0) is 22.4 Å². The molecule has 2 aromatic carbocycles. The van der Waals surface area contributed by atoms with Crippen LogP contribution < -0.4 is 0 Å². The first-order valence-corrected chi connectivity index (χ1v) is 14.0. The molecule has 3 unspecified atom stereocenters. The lowest BCUT2D eigenvalue weighted by atomic mass is 9.73. The molecule has 2 aliphatic rings. The summed E-state index contributed by atoms with van der Waals surface area (Å²) in [5.41, 5.74) is 1.92. The third-order valence-corrected chi connectivity index (χ3v) is 8.85. The van der Waals surface area contributed by atoms with Crippen molar-refractivity contribution in [3.05, 3.63) is 71.8 Å². The highest BCUT2D eigenvalue weighted by Gasteiger charge is 2.49. The van der Waals surface area contributed by atoms with Crippen molar-refractivity contribution in [1.29, 1.82) is 0 Å². The van der Waals surface area contributed by atoms with Gasteiger partial charge in [-0.1, -0.05) is 73.5 Å². The zero-order chi connectivity index (χ0) is 26.3. The number of hydrogen-bond donors (Lipinski definition) is 0. The summed E-state index contributed by atoms with van der Waals surface area (Å²) in [6, 6.07) is 22.1. The van der Waals surface area contributed by atoms with Crippen molar-refractivity contribution < 1.29 is 9.53 Å². The minimum atomic E-state index is -0.829. The zero-order valence-electron chi connectivity index (χ0n) is 23.2. The van der Waals surface area contributed by atoms with Crippen LogP contribution in [0, 0.1) is 11.8 Å². The molecule has 5 nitrogen and oxygen atoms in total. The number of carbonyl (C=O) groups is 1. The van der Waals surface area contributed by atoms with Crippen LogP contribution in [0.5, 0.6) is 0 Å². The van der Waals surface area contributed by atoms with Crippen LogP contribution in [-0.4, -0.2) is 67.5 Å². The number of carbonyl (C=O) groups excluding carboxylic acids is 1. The quantitative estimate of drug-likeness (QED) is 0.373. The number of ether oxygens (including phenoxy) is 1. The lowest BCUT2D eigenvalue weighted by Crippen LogP contribution is -2.51. The molecule has 0 saturated heterocycles. The Labute approximate surface area is 223 Å². The summed E-state index contributed by atoms with van der Waals surface area (Å²) in [7, 11) is 5.96. The fraction of sp³-hybridized carbons (Fsp3) is 0.562. The Bertz CT molecular complexity index is 1000. The molecule has 0 N–H and O–H groups in total. The number of nitrogens with zero attached hydrogens (tertiary/aromatic N) is 3. The van der Waals surface area contributed by atoms with Gasteiger partial charge in [-0.3, -0.25) is 4.99 Å². The van der Waals surface area contributed by atoms with Gasteiger partial charge in [0, 0.05) is 12.6 Å². The molecule has 1 aliphatic carbocycles. The Morgan fingerprint density at radius 3 is 2.16 bits per heavy atom. The predicted octanol–water partition coefficient (Wildman–Crippen LogP) is 5.63. The van der Waals surface area contributed by atoms with Gasteiger partial charge >= 0.3 is 5.97 Å². The minimum absolute atomic E-state index is 0.0490. The van der Waals surface area contributed by atoms with Crippen molar-refractivity contribution in [2.75, 3.05) is 27.7 Å². The van der Waals surface area contributed by atoms with E-state index >= 15 is 0 Å². The van der Waals surface area contributed by atoms with Gasteiger partial charge < -0.3 is 14.5 Å². The Kier molecular flexibility index (Phi) is 9.42. The molecule has 37 heavy (non-hydrogen) atoms. The first-order chi connectivity index (χ1) is 17.9. The van der Waals surface area contributed by atoms with E-state index in [4.69, 9.17) is 9.73 Å². The summed E-state index contributed by atoms with van der Waals surface area (Å²) in [5.74, 6) is 1.12. The highest BCUT2D eigenvalue weighted by atomic mass is 16.5. The maximum absolute atomic E-state index is 12.8. The van der Waals surface area contributed by atoms with E-state index in [1.165, 1.54) is 50.3 Å². The van der Waals surface area contributed by atoms with Crippen LogP contribution in [0.15, 0.2) is 65.7 Å². The van der Waals surface area contributed by atoms with Gasteiger partial charge in [0.2, 0.25) is 0 Å². The largest absolute Gasteiger partial charge is 0.467 e. The van der Waals surface area contributed by atoms with Crippen molar-refractivity contribution in [2.24, 2.45) is 16.8 Å². The molecule has 3 atom stereocenters. The van der Waals surface area contributed by atoms with Crippen molar-refractivity contribution in [3.8, 4) is 0 Å². The summed E-state index contributed by atoms with van der Waals surface area (Å²) < 4.78 is 5.22. The van der Waals surface area contributed by atoms with Crippen LogP contribution in [0.3, 0.4) is 0 Å². The number of methoxy groups -OCH3 is 1. The second-order valence-corrected chi connectivity index (χ2v) is 11.4. The van der Waals surface area contributed by atoms with E-state index in [1.807, 2.05) is 13.3 Å². The fourth-order valence-corrected chi connectivity index (χ4v) is 6.56. The molecule has 0 bridgehead atoms. The smallest absolute Gasteiger partial charge is 0.335 e. The minimum Gasteiger partial charge on any atom is -0.467 e. The molecule has 2 aromatic rings. The molecule has 1 aliphatic heterocycles. The molecule has 1 fully saturated rings. The van der Waals surface area contributed by atoms with Crippen LogP contribution >= 0.6 is 0 Å². The van der Waals surface area contributed by atoms with Crippen LogP contribution in [0.4, 0.5) is 0 Å². The molecule has 4 rings (SSSR count). The predicted molar refractivity (Wildman–Crippen MR) is 152 cm³/mol. The molecule has 1 heterocycles. The van der Waals surface area contributed by atoms with Gasteiger partial charge in [0.25, 0.3) is 0 Å². The van der Waals surface area contributed by atoms with Crippen molar-refractivity contribution >= 4 is 12.3 Å². The lowest BCUT2D eigenvalue weighted by Gasteiger charge is -2.40. The zero-order valence-corrected chi connectivity index (χ0v) is 23.2. The highest BCUT2D eigenvalue weighted by molar-refractivity contribution is 5.86. The van der Waals surface area contributed by atoms with Gasteiger partial charge in [0.15, 0.2) is 5.54 Å². The second-order valence-electron chi connectivity index (χ2n) is 11.4. The standard InChI is InChI=1S/C32H45N3O2/c1-32(31(36)37-4)30(35(24-33-32)22-21-26-13-9-6-10-14-26)23-27-15-18-28(19-16-27)29(34(2)3)20-17-25-11-7-5-8-12-25/h5-14,24,27-30H,15-23H2,1-4H3. The molecule has 0 spiro atoms. The van der Waals surface area contributed by atoms with Crippen molar-refractivity contribution in [3.63, 3.8) is 0 Å². The number of esters is 1. The van der Waals surface area contributed by atoms with Crippen molar-refractivity contribution in [2.45, 2.75) is 75.9 Å². The summed E-state index contributed by atoms with van der Waals surface area (Å²) in [5, 5.41) is 0. The van der Waals surface area contributed by atoms with Crippen LogP contribution in [0.2, 0.25) is 0 Å². The van der Waals surface area contributed by atoms with Gasteiger partial charge in [-0.05, 0) is 82.5 Å². The van der Waals surface area contributed by atoms with E-state index < -0.39 is 5.54 Å². The Morgan fingerprint density at radius 1 is 1.00 bits per heavy atom. The van der Waals surface area contributed by atoms with Crippen molar-refractivity contribution in [1.82, 2.24) is 9.80 Å². The maximum Gasteiger partial charge on any atom is 0.335 e. The molecule has 0 amide bonds. The number of aryl methyl sites for hydroxylation is 1. The number of aliphatic imine (C=N–C) groups is 1. The number of benzene rings is 2. The van der Waals surface area contributed by atoms with E-state index in [2.05, 4.69) is 84.6 Å². The van der Waals surface area contributed by atoms with E-state index in [1.54, 1.807) is 0 Å². The van der Waals surface area contributed by atoms with Crippen LogP contribution in [0.1, 0.15) is 56.6 Å². The molecule has 5 heteroatoms. The Hall–Kier alpha value is -2.66. The first kappa shape index (κ1) is 27.4. The van der Waals surface area contributed by atoms with E-state index in [-0.39, 0.29) is 12.0 Å². The third-order valence-electron chi connectivity index (χ3n) is 8.85. The summed E-state index contributed by atoms with van der Waals surface area (Å²) in [6.45, 7) is 2.82. The normalized spacial score (nSPS) is 26.4. The van der Waals surface area contributed by atoms with E-state index in [0.717, 1.165) is 31.7 Å². The maximum atomic E-state index is 12.8. The number of hydrogen-bond acceptors (Lipinski definition) is 5. The lowest BCUT2D eigenvalue weighted by molar-refractivity contribution is -0.148. The third kappa shape index (κ3) is 6.81. The average molecular weight is 504 g/mol. The summed E-state index contributed by atoms with van der Waals surface area (Å²) in [4.78, 5) is 22.3. The molecule has 0 aromatic heterocycles. The topological polar surface area (TPSA) is 45.1 Å². The first-order valence-electron chi connectivity index (χ1n) is 14.0. The molecule has 200 valence electrons. The fourth-order valence-electron chi connectivity index (χ4n) is 6.56. The van der Waals surface area contributed by atoms with Gasteiger partial charge in [-0.2, -0.15) is 0 Å². The van der Waals surface area contributed by atoms with E-state index in [9.17, 15) is 4.79 Å². The summed E-state index contributed by atoms with van der Waals surface area (Å²) >= 11 is 0. The second kappa shape index (κ2) is 12.7. The van der Waals surface area contributed by atoms with Gasteiger partial charge in [0.1, 0.15) is 0 Å².